The molecule has 4 rings (SSSR count). The van der Waals surface area contributed by atoms with E-state index < -0.39 is 5.91 Å². The zero-order valence-corrected chi connectivity index (χ0v) is 20.7. The first-order chi connectivity index (χ1) is 16.7. The molecule has 1 fully saturated rings. The predicted molar refractivity (Wildman–Crippen MR) is 135 cm³/mol. The molecule has 1 aliphatic heterocycles. The summed E-state index contributed by atoms with van der Waals surface area (Å²) in [5.41, 5.74) is 9.94. The summed E-state index contributed by atoms with van der Waals surface area (Å²) in [7, 11) is 5.62. The van der Waals surface area contributed by atoms with Crippen LogP contribution in [0.15, 0.2) is 36.7 Å². The van der Waals surface area contributed by atoms with Crippen molar-refractivity contribution in [3.8, 4) is 11.1 Å². The molecular weight excluding hydrogens is 444 g/mol. The van der Waals surface area contributed by atoms with Gasteiger partial charge in [0.15, 0.2) is 0 Å². The molecule has 10 heteroatoms. The molecule has 10 nitrogen and oxygen atoms in total. The van der Waals surface area contributed by atoms with Gasteiger partial charge in [-0.15, -0.1) is 0 Å². The van der Waals surface area contributed by atoms with Crippen LogP contribution in [0.4, 0.5) is 11.6 Å². The van der Waals surface area contributed by atoms with Crippen LogP contribution in [0, 0.1) is 6.92 Å². The minimum Gasteiger partial charge on any atom is -0.366 e. The van der Waals surface area contributed by atoms with Gasteiger partial charge in [-0.2, -0.15) is 5.10 Å². The summed E-state index contributed by atoms with van der Waals surface area (Å²) in [5, 5.41) is 7.29. The lowest BCUT2D eigenvalue weighted by atomic mass is 9.93. The van der Waals surface area contributed by atoms with E-state index >= 15 is 0 Å². The number of amides is 2. The lowest BCUT2D eigenvalue weighted by Crippen LogP contribution is -2.40. The summed E-state index contributed by atoms with van der Waals surface area (Å²) in [4.78, 5) is 38.3. The van der Waals surface area contributed by atoms with Crippen molar-refractivity contribution in [1.82, 2.24) is 24.6 Å². The number of aryl methyl sites for hydroxylation is 2. The van der Waals surface area contributed by atoms with Gasteiger partial charge in [-0.1, -0.05) is 18.6 Å². The van der Waals surface area contributed by atoms with Gasteiger partial charge < -0.3 is 16.0 Å². The van der Waals surface area contributed by atoms with Crippen LogP contribution in [0.1, 0.15) is 47.1 Å². The smallest absolute Gasteiger partial charge is 0.248 e. The number of nitrogens with zero attached hydrogens (tertiary/aromatic N) is 6. The fourth-order valence-corrected chi connectivity index (χ4v) is 4.50. The number of nitrogens with one attached hydrogen (secondary N) is 1. The van der Waals surface area contributed by atoms with Crippen LogP contribution < -0.4 is 16.0 Å². The summed E-state index contributed by atoms with van der Waals surface area (Å²) < 4.78 is 1.69. The van der Waals surface area contributed by atoms with Crippen LogP contribution in [0.2, 0.25) is 0 Å². The molecule has 1 aliphatic rings. The number of rotatable bonds is 7. The predicted octanol–water partition coefficient (Wildman–Crippen LogP) is 2.52. The summed E-state index contributed by atoms with van der Waals surface area (Å²) in [6.45, 7) is 2.89. The molecule has 1 atom stereocenters. The quantitative estimate of drug-likeness (QED) is 0.537. The fraction of sp³-hybridized carbons (Fsp3) is 0.400. The molecule has 0 radical (unpaired) electrons. The third kappa shape index (κ3) is 5.48. The van der Waals surface area contributed by atoms with E-state index in [1.807, 2.05) is 39.0 Å². The first-order valence-corrected chi connectivity index (χ1v) is 11.7. The maximum atomic E-state index is 13.0. The van der Waals surface area contributed by atoms with E-state index in [2.05, 4.69) is 20.3 Å². The maximum absolute atomic E-state index is 13.0. The molecule has 2 amide bonds. The Hall–Kier alpha value is -3.79. The summed E-state index contributed by atoms with van der Waals surface area (Å²) in [6, 6.07) is 7.12. The van der Waals surface area contributed by atoms with Gasteiger partial charge >= 0.3 is 0 Å². The minimum absolute atomic E-state index is 0.0709. The fourth-order valence-electron chi connectivity index (χ4n) is 4.50. The Kier molecular flexibility index (Phi) is 7.11. The molecular formula is C25H32N8O2. The zero-order valence-electron chi connectivity index (χ0n) is 20.7. The summed E-state index contributed by atoms with van der Waals surface area (Å²) in [5.74, 6) is 0.0174. The minimum atomic E-state index is -0.485. The van der Waals surface area contributed by atoms with E-state index in [0.717, 1.165) is 48.3 Å². The Labute approximate surface area is 205 Å². The average Bonchev–Trinajstić information content (AvgIpc) is 3.15. The molecule has 2 aromatic heterocycles. The average molecular weight is 477 g/mol. The van der Waals surface area contributed by atoms with Crippen LogP contribution in [0.3, 0.4) is 0 Å². The van der Waals surface area contributed by atoms with Crippen molar-refractivity contribution in [2.45, 2.75) is 32.2 Å². The number of primary amides is 1. The zero-order chi connectivity index (χ0) is 25.1. The van der Waals surface area contributed by atoms with Gasteiger partial charge in [0.1, 0.15) is 0 Å². The SMILES string of the molecule is Cc1nn(C)cc1NC(=O)CN1CCCCC1c1nc(N(C)C)ncc1-c1cccc(C(N)=O)c1. The van der Waals surface area contributed by atoms with Crippen molar-refractivity contribution >= 4 is 23.5 Å². The lowest BCUT2D eigenvalue weighted by Gasteiger charge is -2.36. The molecule has 1 saturated heterocycles. The van der Waals surface area contributed by atoms with E-state index in [1.54, 1.807) is 35.3 Å². The number of hydrogen-bond donors (Lipinski definition) is 2. The molecule has 1 aromatic carbocycles. The van der Waals surface area contributed by atoms with Crippen LogP contribution in [-0.4, -0.2) is 63.6 Å². The van der Waals surface area contributed by atoms with Crippen LogP contribution in [-0.2, 0) is 11.8 Å². The molecule has 1 unspecified atom stereocenters. The molecule has 3 N–H and O–H groups in total. The second-order valence-corrected chi connectivity index (χ2v) is 9.14. The van der Waals surface area contributed by atoms with E-state index in [-0.39, 0.29) is 18.5 Å². The van der Waals surface area contributed by atoms with Gasteiger partial charge in [0.2, 0.25) is 17.8 Å². The van der Waals surface area contributed by atoms with Gasteiger partial charge in [-0.05, 0) is 44.0 Å². The first kappa shape index (κ1) is 24.3. The Morgan fingerprint density at radius 3 is 2.74 bits per heavy atom. The highest BCUT2D eigenvalue weighted by atomic mass is 16.2. The molecule has 0 saturated carbocycles. The normalized spacial score (nSPS) is 16.2. The Morgan fingerprint density at radius 1 is 1.26 bits per heavy atom. The number of aromatic nitrogens is 4. The second kappa shape index (κ2) is 10.2. The molecule has 0 bridgehead atoms. The topological polar surface area (TPSA) is 122 Å². The number of carbonyl (C=O) groups is 2. The third-order valence-corrected chi connectivity index (χ3v) is 6.23. The third-order valence-electron chi connectivity index (χ3n) is 6.23. The maximum Gasteiger partial charge on any atom is 0.248 e. The molecule has 35 heavy (non-hydrogen) atoms. The Morgan fingerprint density at radius 2 is 2.06 bits per heavy atom. The van der Waals surface area contributed by atoms with E-state index in [9.17, 15) is 9.59 Å². The largest absolute Gasteiger partial charge is 0.366 e. The summed E-state index contributed by atoms with van der Waals surface area (Å²) >= 11 is 0. The van der Waals surface area contributed by atoms with Gasteiger partial charge in [-0.25, -0.2) is 9.97 Å². The number of anilines is 2. The van der Waals surface area contributed by atoms with Crippen molar-refractivity contribution in [3.63, 3.8) is 0 Å². The van der Waals surface area contributed by atoms with E-state index in [0.29, 0.717) is 17.2 Å². The molecule has 184 valence electrons. The number of carbonyl (C=O) groups excluding carboxylic acids is 2. The number of benzene rings is 1. The first-order valence-electron chi connectivity index (χ1n) is 11.7. The number of nitrogens with two attached hydrogens (primary N) is 1. The van der Waals surface area contributed by atoms with Crippen molar-refractivity contribution in [1.29, 1.82) is 0 Å². The van der Waals surface area contributed by atoms with Gasteiger partial charge in [0.25, 0.3) is 0 Å². The van der Waals surface area contributed by atoms with Gasteiger partial charge in [-0.3, -0.25) is 19.2 Å². The molecule has 3 aromatic rings. The number of piperidine rings is 1. The molecule has 0 aliphatic carbocycles. The number of likely N-dealkylation sites (tertiary alicyclic amines) is 1. The highest BCUT2D eigenvalue weighted by Gasteiger charge is 2.30. The molecule has 0 spiro atoms. The summed E-state index contributed by atoms with van der Waals surface area (Å²) in [6.07, 6.45) is 6.51. The van der Waals surface area contributed by atoms with Crippen LogP contribution in [0.5, 0.6) is 0 Å². The highest BCUT2D eigenvalue weighted by Crippen LogP contribution is 2.36. The van der Waals surface area contributed by atoms with Crippen molar-refractivity contribution in [2.24, 2.45) is 12.8 Å². The van der Waals surface area contributed by atoms with Crippen LogP contribution >= 0.6 is 0 Å². The van der Waals surface area contributed by atoms with Gasteiger partial charge in [0, 0.05) is 44.7 Å². The second-order valence-electron chi connectivity index (χ2n) is 9.14. The van der Waals surface area contributed by atoms with Crippen molar-refractivity contribution < 1.29 is 9.59 Å². The lowest BCUT2D eigenvalue weighted by molar-refractivity contribution is -0.118. The van der Waals surface area contributed by atoms with E-state index in [1.165, 1.54) is 0 Å². The van der Waals surface area contributed by atoms with Crippen molar-refractivity contribution in [3.05, 3.63) is 53.6 Å². The van der Waals surface area contributed by atoms with Gasteiger partial charge in [0.05, 0.1) is 29.7 Å². The highest BCUT2D eigenvalue weighted by molar-refractivity contribution is 5.94. The number of hydrogen-bond acceptors (Lipinski definition) is 7. The standard InChI is InChI=1S/C25H32N8O2/c1-16-20(14-32(4)30-16)28-22(34)15-33-11-6-5-10-21(33)23-19(13-27-25(29-23)31(2)3)17-8-7-9-18(12-17)24(26)35/h7-9,12-14,21H,5-6,10-11,15H2,1-4H3,(H2,26,35)(H,28,34). The Bertz CT molecular complexity index is 1240. The molecule has 3 heterocycles. The van der Waals surface area contributed by atoms with Crippen LogP contribution in [0.25, 0.3) is 11.1 Å². The Balaban J connectivity index is 1.68. The van der Waals surface area contributed by atoms with E-state index in [4.69, 9.17) is 10.7 Å². The van der Waals surface area contributed by atoms with Crippen molar-refractivity contribution in [2.75, 3.05) is 37.4 Å². The monoisotopic (exact) mass is 476 g/mol.